The Labute approximate surface area is 130 Å². The van der Waals surface area contributed by atoms with Crippen molar-refractivity contribution in [3.8, 4) is 0 Å². The van der Waals surface area contributed by atoms with Crippen LogP contribution in [0.4, 0.5) is 0 Å². The van der Waals surface area contributed by atoms with E-state index in [1.807, 2.05) is 42.6 Å². The molecule has 0 aliphatic carbocycles. The third kappa shape index (κ3) is 8.86. The van der Waals surface area contributed by atoms with Crippen LogP contribution in [0.1, 0.15) is 38.5 Å². The molecule has 4 nitrogen and oxygen atoms in total. The molecular formula is C16H27NO3S. The Hall–Kier alpha value is -0.910. The van der Waals surface area contributed by atoms with Gasteiger partial charge in [-0.1, -0.05) is 31.1 Å². The van der Waals surface area contributed by atoms with E-state index in [2.05, 4.69) is 0 Å². The lowest BCUT2D eigenvalue weighted by molar-refractivity contribution is -0.144. The number of unbranched alkanes of at least 4 members (excludes halogenated alkanes) is 3. The zero-order chi connectivity index (χ0) is 15.5. The second-order valence-corrected chi connectivity index (χ2v) is 6.83. The van der Waals surface area contributed by atoms with Crippen LogP contribution in [0, 0.1) is 0 Å². The van der Waals surface area contributed by atoms with Crippen LogP contribution in [0.2, 0.25) is 0 Å². The highest BCUT2D eigenvalue weighted by atomic mass is 32.2. The molecule has 0 aromatic rings. The number of hydrogen-bond acceptors (Lipinski definition) is 4. The zero-order valence-electron chi connectivity index (χ0n) is 13.1. The van der Waals surface area contributed by atoms with Crippen LogP contribution in [0.5, 0.6) is 0 Å². The molecule has 1 N–H and O–H groups in total. The molecule has 1 aliphatic heterocycles. The Morgan fingerprint density at radius 3 is 2.71 bits per heavy atom. The summed E-state index contributed by atoms with van der Waals surface area (Å²) >= 11 is 0. The molecule has 1 aliphatic rings. The van der Waals surface area contributed by atoms with Crippen LogP contribution in [-0.4, -0.2) is 48.0 Å². The maximum Gasteiger partial charge on any atom is 0.305 e. The Balaban J connectivity index is 1.97. The van der Waals surface area contributed by atoms with E-state index in [9.17, 15) is 9.35 Å². The number of likely N-dealkylation sites (N-methyl/N-ethyl adjacent to an activating group) is 1. The van der Waals surface area contributed by atoms with Crippen molar-refractivity contribution in [2.75, 3.05) is 27.2 Å². The van der Waals surface area contributed by atoms with Gasteiger partial charge >= 0.3 is 5.97 Å². The van der Waals surface area contributed by atoms with Crippen molar-refractivity contribution < 1.29 is 14.1 Å². The molecule has 5 heteroatoms. The van der Waals surface area contributed by atoms with Crippen molar-refractivity contribution in [1.82, 2.24) is 4.90 Å². The molecule has 1 rings (SSSR count). The minimum absolute atomic E-state index is 0.0940. The molecule has 0 aromatic heterocycles. The summed E-state index contributed by atoms with van der Waals surface area (Å²) in [6.07, 6.45) is 11.4. The summed E-state index contributed by atoms with van der Waals surface area (Å²) in [7, 11) is 3.24. The first-order chi connectivity index (χ1) is 10.1. The van der Waals surface area contributed by atoms with Crippen LogP contribution in [-0.2, 0) is 9.53 Å². The lowest BCUT2D eigenvalue weighted by atomic mass is 10.1. The molecule has 1 unspecified atom stereocenters. The minimum atomic E-state index is -0.679. The summed E-state index contributed by atoms with van der Waals surface area (Å²) in [6, 6.07) is 0. The number of carbonyl (C=O) groups excluding carboxylic acids is 1. The minimum Gasteiger partial charge on any atom is -0.464 e. The van der Waals surface area contributed by atoms with Crippen molar-refractivity contribution in [2.24, 2.45) is 0 Å². The molecule has 0 amide bonds. The monoisotopic (exact) mass is 313 g/mol. The van der Waals surface area contributed by atoms with Gasteiger partial charge in [0.15, 0.2) is 0 Å². The van der Waals surface area contributed by atoms with E-state index in [-0.39, 0.29) is 5.97 Å². The van der Waals surface area contributed by atoms with Gasteiger partial charge in [-0.2, -0.15) is 0 Å². The first kappa shape index (κ1) is 18.1. The highest BCUT2D eigenvalue weighted by molar-refractivity contribution is 8.13. The highest BCUT2D eigenvalue weighted by Crippen LogP contribution is 2.27. The van der Waals surface area contributed by atoms with Gasteiger partial charge in [-0.05, 0) is 49.5 Å². The number of esters is 1. The second-order valence-electron chi connectivity index (χ2n) is 5.41. The Bertz CT molecular complexity index is 414. The van der Waals surface area contributed by atoms with Gasteiger partial charge in [0.25, 0.3) is 0 Å². The molecule has 0 fully saturated rings. The molecule has 1 heterocycles. The smallest absolute Gasteiger partial charge is 0.305 e. The van der Waals surface area contributed by atoms with E-state index in [1.165, 1.54) is 0 Å². The standard InChI is InChI=1S/C16H27NO3S/c1-17(2)12-13-20-16(18)11-6-4-3-5-9-15-10-7-8-14-21(15)19/h7-8,10,14,19H,3-6,9,11-13H2,1-2H3. The van der Waals surface area contributed by atoms with Gasteiger partial charge in [-0.3, -0.25) is 4.79 Å². The number of rotatable bonds is 10. The van der Waals surface area contributed by atoms with E-state index in [0.29, 0.717) is 13.0 Å². The number of ether oxygens (including phenoxy) is 1. The first-order valence-corrected chi connectivity index (χ1v) is 8.77. The van der Waals surface area contributed by atoms with Crippen LogP contribution < -0.4 is 0 Å². The molecule has 0 aromatic carbocycles. The number of carbonyl (C=O) groups is 1. The molecule has 0 radical (unpaired) electrons. The van der Waals surface area contributed by atoms with Gasteiger partial charge in [0, 0.05) is 17.9 Å². The first-order valence-electron chi connectivity index (χ1n) is 7.53. The predicted molar refractivity (Wildman–Crippen MR) is 90.7 cm³/mol. The largest absolute Gasteiger partial charge is 0.464 e. The SMILES string of the molecule is CN(C)CCOC(=O)CCCCCCC1=CC=CC=S1O. The molecule has 0 spiro atoms. The van der Waals surface area contributed by atoms with Crippen LogP contribution in [0.15, 0.2) is 23.1 Å². The number of nitrogens with zero attached hydrogens (tertiary/aromatic N) is 1. The Kier molecular flexibility index (Phi) is 9.30. The lowest BCUT2D eigenvalue weighted by Gasteiger charge is -2.10. The van der Waals surface area contributed by atoms with Gasteiger partial charge in [-0.15, -0.1) is 0 Å². The Morgan fingerprint density at radius 1 is 1.24 bits per heavy atom. The average molecular weight is 313 g/mol. The van der Waals surface area contributed by atoms with E-state index in [1.54, 1.807) is 0 Å². The van der Waals surface area contributed by atoms with Gasteiger partial charge < -0.3 is 14.2 Å². The van der Waals surface area contributed by atoms with E-state index >= 15 is 0 Å². The highest BCUT2D eigenvalue weighted by Gasteiger charge is 2.04. The lowest BCUT2D eigenvalue weighted by Crippen LogP contribution is -2.20. The quantitative estimate of drug-likeness (QED) is 0.381. The van der Waals surface area contributed by atoms with E-state index in [4.69, 9.17) is 4.74 Å². The predicted octanol–water partition coefficient (Wildman–Crippen LogP) is 3.43. The van der Waals surface area contributed by atoms with Gasteiger partial charge in [-0.25, -0.2) is 0 Å². The van der Waals surface area contributed by atoms with Crippen LogP contribution >= 0.6 is 10.8 Å². The third-order valence-corrected chi connectivity index (χ3v) is 4.52. The maximum atomic E-state index is 11.5. The third-order valence-electron chi connectivity index (χ3n) is 3.22. The molecule has 0 bridgehead atoms. The van der Waals surface area contributed by atoms with Crippen molar-refractivity contribution in [1.29, 1.82) is 0 Å². The topological polar surface area (TPSA) is 49.8 Å². The fourth-order valence-corrected chi connectivity index (χ4v) is 2.95. The second kappa shape index (κ2) is 10.8. The summed E-state index contributed by atoms with van der Waals surface area (Å²) in [5.41, 5.74) is 0. The fraction of sp³-hybridized carbons (Fsp3) is 0.625. The average Bonchev–Trinajstić information content (AvgIpc) is 2.44. The van der Waals surface area contributed by atoms with E-state index in [0.717, 1.165) is 43.6 Å². The molecule has 0 saturated carbocycles. The number of hydrogen-bond donors (Lipinski definition) is 1. The Morgan fingerprint density at radius 2 is 2.00 bits per heavy atom. The molecule has 1 atom stereocenters. The number of allylic oxidation sites excluding steroid dienone is 4. The maximum absolute atomic E-state index is 11.5. The van der Waals surface area contributed by atoms with E-state index < -0.39 is 10.8 Å². The van der Waals surface area contributed by atoms with Crippen LogP contribution in [0.25, 0.3) is 0 Å². The summed E-state index contributed by atoms with van der Waals surface area (Å²) in [4.78, 5) is 14.6. The summed E-state index contributed by atoms with van der Waals surface area (Å²) in [5, 5.41) is 1.83. The van der Waals surface area contributed by atoms with Crippen molar-refractivity contribution >= 4 is 22.1 Å². The zero-order valence-corrected chi connectivity index (χ0v) is 13.9. The molecule has 0 saturated heterocycles. The van der Waals surface area contributed by atoms with Gasteiger partial charge in [0.2, 0.25) is 0 Å². The molecular weight excluding hydrogens is 286 g/mol. The van der Waals surface area contributed by atoms with Gasteiger partial charge in [0.1, 0.15) is 6.61 Å². The normalized spacial score (nSPS) is 17.5. The van der Waals surface area contributed by atoms with Crippen molar-refractivity contribution in [3.05, 3.63) is 23.1 Å². The van der Waals surface area contributed by atoms with Crippen molar-refractivity contribution in [2.45, 2.75) is 38.5 Å². The van der Waals surface area contributed by atoms with Gasteiger partial charge in [0.05, 0.1) is 0 Å². The summed E-state index contributed by atoms with van der Waals surface area (Å²) in [6.45, 7) is 1.25. The molecule has 120 valence electrons. The summed E-state index contributed by atoms with van der Waals surface area (Å²) < 4.78 is 14.9. The summed E-state index contributed by atoms with van der Waals surface area (Å²) in [5.74, 6) is -0.0940. The fourth-order valence-electron chi connectivity index (χ4n) is 1.96. The molecule has 21 heavy (non-hydrogen) atoms. The van der Waals surface area contributed by atoms with Crippen molar-refractivity contribution in [3.63, 3.8) is 0 Å². The van der Waals surface area contributed by atoms with Crippen LogP contribution in [0.3, 0.4) is 0 Å².